The molecular weight excluding hydrogens is 418 g/mol. The zero-order chi connectivity index (χ0) is 20.8. The number of nitrogens with zero attached hydrogens (tertiary/aromatic N) is 1. The Morgan fingerprint density at radius 1 is 1.03 bits per heavy atom. The van der Waals surface area contributed by atoms with Gasteiger partial charge in [0.05, 0.1) is 16.5 Å². The fourth-order valence-corrected chi connectivity index (χ4v) is 4.61. The van der Waals surface area contributed by atoms with Crippen LogP contribution in [-0.2, 0) is 10.5 Å². The van der Waals surface area contributed by atoms with Crippen LogP contribution in [0.5, 0.6) is 0 Å². The van der Waals surface area contributed by atoms with Crippen molar-refractivity contribution in [2.45, 2.75) is 10.1 Å². The first-order valence-corrected chi connectivity index (χ1v) is 10.9. The van der Waals surface area contributed by atoms with E-state index >= 15 is 0 Å². The van der Waals surface area contributed by atoms with Crippen LogP contribution in [0, 0.1) is 0 Å². The van der Waals surface area contributed by atoms with Crippen LogP contribution in [0.15, 0.2) is 81.8 Å². The van der Waals surface area contributed by atoms with Crippen LogP contribution in [0.25, 0.3) is 16.3 Å². The zero-order valence-electron chi connectivity index (χ0n) is 15.7. The van der Waals surface area contributed by atoms with Gasteiger partial charge in [-0.2, -0.15) is 0 Å². The van der Waals surface area contributed by atoms with Crippen LogP contribution < -0.4 is 10.9 Å². The van der Waals surface area contributed by atoms with E-state index in [9.17, 15) is 9.59 Å². The van der Waals surface area contributed by atoms with E-state index in [2.05, 4.69) is 21.9 Å². The van der Waals surface area contributed by atoms with Crippen molar-refractivity contribution in [2.24, 2.45) is 0 Å². The standard InChI is InChI=1S/C22H17N3O3S2/c26-20(12-11-17-4-3-13-28-17)24-25-21(27)16-9-7-15(8-10-16)14-29-22-23-18-5-1-2-6-19(18)30-22/h1-13H,14H2,(H,24,26)(H,25,27)/b12-11+. The molecule has 0 saturated carbocycles. The fourth-order valence-electron chi connectivity index (χ4n) is 2.59. The fraction of sp³-hybridized carbons (Fsp3) is 0.0455. The van der Waals surface area contributed by atoms with Crippen molar-refractivity contribution < 1.29 is 14.0 Å². The topological polar surface area (TPSA) is 84.2 Å². The van der Waals surface area contributed by atoms with Crippen molar-refractivity contribution in [3.05, 3.63) is 89.9 Å². The number of thiazole rings is 1. The van der Waals surface area contributed by atoms with Crippen molar-refractivity contribution in [1.82, 2.24) is 15.8 Å². The minimum Gasteiger partial charge on any atom is -0.465 e. The third-order valence-corrected chi connectivity index (χ3v) is 6.34. The highest BCUT2D eigenvalue weighted by molar-refractivity contribution is 8.00. The summed E-state index contributed by atoms with van der Waals surface area (Å²) in [5.41, 5.74) is 7.28. The molecule has 2 amide bonds. The lowest BCUT2D eigenvalue weighted by molar-refractivity contribution is -0.117. The lowest BCUT2D eigenvalue weighted by atomic mass is 10.1. The van der Waals surface area contributed by atoms with Gasteiger partial charge in [0.15, 0.2) is 4.34 Å². The summed E-state index contributed by atoms with van der Waals surface area (Å²) in [6.07, 6.45) is 4.31. The second-order valence-electron chi connectivity index (χ2n) is 6.23. The molecule has 4 rings (SSSR count). The molecule has 4 aromatic rings. The van der Waals surface area contributed by atoms with Gasteiger partial charge in [0.1, 0.15) is 5.76 Å². The highest BCUT2D eigenvalue weighted by Gasteiger charge is 2.08. The van der Waals surface area contributed by atoms with E-state index in [1.807, 2.05) is 30.3 Å². The predicted octanol–water partition coefficient (Wildman–Crippen LogP) is 4.66. The van der Waals surface area contributed by atoms with Gasteiger partial charge in [-0.05, 0) is 48.0 Å². The lowest BCUT2D eigenvalue weighted by Gasteiger charge is -2.06. The molecule has 2 N–H and O–H groups in total. The van der Waals surface area contributed by atoms with Crippen LogP contribution >= 0.6 is 23.1 Å². The molecule has 0 aliphatic heterocycles. The number of carbonyl (C=O) groups is 2. The molecule has 0 saturated heterocycles. The van der Waals surface area contributed by atoms with Crippen LogP contribution in [0.4, 0.5) is 0 Å². The maximum Gasteiger partial charge on any atom is 0.269 e. The van der Waals surface area contributed by atoms with Gasteiger partial charge >= 0.3 is 0 Å². The number of hydrogen-bond donors (Lipinski definition) is 2. The smallest absolute Gasteiger partial charge is 0.269 e. The summed E-state index contributed by atoms with van der Waals surface area (Å²) in [6.45, 7) is 0. The van der Waals surface area contributed by atoms with Crippen LogP contribution in [-0.4, -0.2) is 16.8 Å². The van der Waals surface area contributed by atoms with Gasteiger partial charge in [-0.1, -0.05) is 36.0 Å². The van der Waals surface area contributed by atoms with E-state index in [1.165, 1.54) is 23.1 Å². The maximum absolute atomic E-state index is 12.2. The summed E-state index contributed by atoms with van der Waals surface area (Å²) in [5, 5.41) is 0. The zero-order valence-corrected chi connectivity index (χ0v) is 17.3. The normalized spacial score (nSPS) is 11.1. The summed E-state index contributed by atoms with van der Waals surface area (Å²) < 4.78 is 7.29. The molecule has 0 aliphatic carbocycles. The Hall–Kier alpha value is -3.36. The number of fused-ring (bicyclic) bond motifs is 1. The maximum atomic E-state index is 12.2. The average Bonchev–Trinajstić information content (AvgIpc) is 3.44. The molecule has 0 atom stereocenters. The van der Waals surface area contributed by atoms with Crippen molar-refractivity contribution in [3.8, 4) is 0 Å². The van der Waals surface area contributed by atoms with Crippen molar-refractivity contribution in [3.63, 3.8) is 0 Å². The Kier molecular flexibility index (Phi) is 6.26. The highest BCUT2D eigenvalue weighted by Crippen LogP contribution is 2.31. The minimum absolute atomic E-state index is 0.389. The van der Waals surface area contributed by atoms with E-state index in [0.717, 1.165) is 21.2 Å². The summed E-state index contributed by atoms with van der Waals surface area (Å²) in [4.78, 5) is 28.6. The average molecular weight is 436 g/mol. The third kappa shape index (κ3) is 5.16. The molecule has 2 aromatic heterocycles. The summed E-state index contributed by atoms with van der Waals surface area (Å²) in [6, 6.07) is 18.8. The second-order valence-corrected chi connectivity index (χ2v) is 8.48. The number of hydrazine groups is 1. The van der Waals surface area contributed by atoms with Gasteiger partial charge in [0.25, 0.3) is 11.8 Å². The van der Waals surface area contributed by atoms with Crippen molar-refractivity contribution >= 4 is 51.2 Å². The second kappa shape index (κ2) is 9.43. The number of rotatable bonds is 6. The van der Waals surface area contributed by atoms with E-state index in [0.29, 0.717) is 11.3 Å². The van der Waals surface area contributed by atoms with E-state index in [-0.39, 0.29) is 5.91 Å². The molecule has 0 unspecified atom stereocenters. The molecule has 30 heavy (non-hydrogen) atoms. The molecule has 150 valence electrons. The molecule has 0 radical (unpaired) electrons. The number of furan rings is 1. The van der Waals surface area contributed by atoms with Crippen LogP contribution in [0.1, 0.15) is 21.7 Å². The Balaban J connectivity index is 1.27. The molecule has 0 fully saturated rings. The van der Waals surface area contributed by atoms with E-state index < -0.39 is 5.91 Å². The molecule has 0 spiro atoms. The molecule has 2 heterocycles. The first-order chi connectivity index (χ1) is 14.7. The number of amides is 2. The van der Waals surface area contributed by atoms with Gasteiger partial charge in [0, 0.05) is 17.4 Å². The monoisotopic (exact) mass is 435 g/mol. The highest BCUT2D eigenvalue weighted by atomic mass is 32.2. The van der Waals surface area contributed by atoms with E-state index in [4.69, 9.17) is 4.42 Å². The Morgan fingerprint density at radius 3 is 2.63 bits per heavy atom. The molecule has 0 aliphatic rings. The van der Waals surface area contributed by atoms with Crippen LogP contribution in [0.2, 0.25) is 0 Å². The van der Waals surface area contributed by atoms with Crippen molar-refractivity contribution in [1.29, 1.82) is 0 Å². The van der Waals surface area contributed by atoms with Crippen LogP contribution in [0.3, 0.4) is 0 Å². The number of carbonyl (C=O) groups excluding carboxylic acids is 2. The SMILES string of the molecule is O=C(/C=C/c1ccco1)NNC(=O)c1ccc(CSc2nc3ccccc3s2)cc1. The molecule has 8 heteroatoms. The molecule has 6 nitrogen and oxygen atoms in total. The van der Waals surface area contributed by atoms with Gasteiger partial charge in [-0.25, -0.2) is 4.98 Å². The third-order valence-electron chi connectivity index (χ3n) is 4.09. The number of thioether (sulfide) groups is 1. The Morgan fingerprint density at radius 2 is 1.87 bits per heavy atom. The number of benzene rings is 2. The molecular formula is C22H17N3O3S2. The largest absolute Gasteiger partial charge is 0.465 e. The summed E-state index contributed by atoms with van der Waals surface area (Å²) in [7, 11) is 0. The quantitative estimate of drug-likeness (QED) is 0.262. The van der Waals surface area contributed by atoms with Gasteiger partial charge < -0.3 is 4.42 Å². The Labute approximate surface area is 181 Å². The Bertz CT molecular complexity index is 1150. The summed E-state index contributed by atoms with van der Waals surface area (Å²) in [5.74, 6) is 0.468. The molecule has 2 aromatic carbocycles. The number of aromatic nitrogens is 1. The number of hydrogen-bond acceptors (Lipinski definition) is 6. The van der Waals surface area contributed by atoms with Gasteiger partial charge in [-0.15, -0.1) is 11.3 Å². The lowest BCUT2D eigenvalue weighted by Crippen LogP contribution is -2.40. The summed E-state index contributed by atoms with van der Waals surface area (Å²) >= 11 is 3.34. The van der Waals surface area contributed by atoms with Gasteiger partial charge in [-0.3, -0.25) is 20.4 Å². The predicted molar refractivity (Wildman–Crippen MR) is 119 cm³/mol. The van der Waals surface area contributed by atoms with E-state index in [1.54, 1.807) is 47.4 Å². The number of para-hydroxylation sites is 1. The molecule has 0 bridgehead atoms. The van der Waals surface area contributed by atoms with Gasteiger partial charge in [0.2, 0.25) is 0 Å². The first kappa shape index (κ1) is 19.9. The van der Waals surface area contributed by atoms with Crippen molar-refractivity contribution in [2.75, 3.05) is 0 Å². The minimum atomic E-state index is -0.455. The first-order valence-electron chi connectivity index (χ1n) is 9.06. The number of nitrogens with one attached hydrogen (secondary N) is 2.